The van der Waals surface area contributed by atoms with Crippen molar-refractivity contribution in [3.8, 4) is 0 Å². The van der Waals surface area contributed by atoms with Crippen LogP contribution in [-0.4, -0.2) is 41.6 Å². The van der Waals surface area contributed by atoms with Crippen LogP contribution in [0.4, 0.5) is 4.79 Å². The Bertz CT molecular complexity index is 376. The van der Waals surface area contributed by atoms with E-state index >= 15 is 0 Å². The molecule has 2 amide bonds. The lowest BCUT2D eigenvalue weighted by atomic mass is 9.85. The first kappa shape index (κ1) is 17.8. The molecule has 0 aromatic carbocycles. The summed E-state index contributed by atoms with van der Waals surface area (Å²) in [6, 6.07) is -0.298. The average molecular weight is 298 g/mol. The Labute approximate surface area is 128 Å². The number of likely N-dealkylation sites (N-methyl/N-ethyl adjacent to an activating group) is 1. The van der Waals surface area contributed by atoms with E-state index in [9.17, 15) is 9.59 Å². The molecule has 0 bridgehead atoms. The molecule has 0 radical (unpaired) electrons. The maximum absolute atomic E-state index is 12.4. The normalized spacial score (nSPS) is 24.1. The van der Waals surface area contributed by atoms with E-state index in [2.05, 4.69) is 12.2 Å². The van der Waals surface area contributed by atoms with Gasteiger partial charge < -0.3 is 15.0 Å². The lowest BCUT2D eigenvalue weighted by Gasteiger charge is -2.37. The summed E-state index contributed by atoms with van der Waals surface area (Å²) in [5.41, 5.74) is -0.559. The second-order valence-corrected chi connectivity index (χ2v) is 7.15. The van der Waals surface area contributed by atoms with Gasteiger partial charge in [-0.15, -0.1) is 0 Å². The molecule has 21 heavy (non-hydrogen) atoms. The third kappa shape index (κ3) is 5.56. The maximum atomic E-state index is 12.4. The van der Waals surface area contributed by atoms with Gasteiger partial charge in [0.05, 0.1) is 0 Å². The Kier molecular flexibility index (Phi) is 6.05. The van der Waals surface area contributed by atoms with Crippen molar-refractivity contribution in [2.24, 2.45) is 5.92 Å². The SMILES string of the molecule is CC(NC(=O)OC(C)(C)C)C(=O)N(C)C1CCCCC1C. The number of hydrogen-bond donors (Lipinski definition) is 1. The highest BCUT2D eigenvalue weighted by atomic mass is 16.6. The molecule has 5 nitrogen and oxygen atoms in total. The number of ether oxygens (including phenoxy) is 1. The summed E-state index contributed by atoms with van der Waals surface area (Å²) < 4.78 is 5.18. The minimum absolute atomic E-state index is 0.0559. The second kappa shape index (κ2) is 7.14. The van der Waals surface area contributed by atoms with E-state index in [0.717, 1.165) is 12.8 Å². The summed E-state index contributed by atoms with van der Waals surface area (Å²) >= 11 is 0. The number of nitrogens with zero attached hydrogens (tertiary/aromatic N) is 1. The Morgan fingerprint density at radius 2 is 1.81 bits per heavy atom. The Balaban J connectivity index is 2.55. The molecule has 0 aromatic rings. The van der Waals surface area contributed by atoms with Crippen LogP contribution in [0, 0.1) is 5.92 Å². The number of carbonyl (C=O) groups is 2. The number of rotatable bonds is 3. The van der Waals surface area contributed by atoms with Gasteiger partial charge >= 0.3 is 6.09 Å². The molecule has 1 N–H and O–H groups in total. The van der Waals surface area contributed by atoms with Crippen LogP contribution >= 0.6 is 0 Å². The van der Waals surface area contributed by atoms with Crippen LogP contribution < -0.4 is 5.32 Å². The van der Waals surface area contributed by atoms with Gasteiger partial charge in [0.2, 0.25) is 5.91 Å². The topological polar surface area (TPSA) is 58.6 Å². The van der Waals surface area contributed by atoms with Gasteiger partial charge in [0.25, 0.3) is 0 Å². The molecule has 0 spiro atoms. The van der Waals surface area contributed by atoms with Crippen LogP contribution in [-0.2, 0) is 9.53 Å². The standard InChI is InChI=1S/C16H30N2O3/c1-11-9-7-8-10-13(11)18(6)14(19)12(2)17-15(20)21-16(3,4)5/h11-13H,7-10H2,1-6H3,(H,17,20). The first-order valence-electron chi connectivity index (χ1n) is 7.88. The third-order valence-corrected chi connectivity index (χ3v) is 4.01. The lowest BCUT2D eigenvalue weighted by Crippen LogP contribution is -2.51. The second-order valence-electron chi connectivity index (χ2n) is 7.15. The zero-order valence-corrected chi connectivity index (χ0v) is 14.2. The summed E-state index contributed by atoms with van der Waals surface area (Å²) in [4.78, 5) is 26.0. The van der Waals surface area contributed by atoms with Crippen LogP contribution in [0.3, 0.4) is 0 Å². The highest BCUT2D eigenvalue weighted by molar-refractivity contribution is 5.85. The van der Waals surface area contributed by atoms with Gasteiger partial charge in [-0.2, -0.15) is 0 Å². The molecule has 122 valence electrons. The van der Waals surface area contributed by atoms with Crippen LogP contribution in [0.2, 0.25) is 0 Å². The summed E-state index contributed by atoms with van der Waals surface area (Å²) in [7, 11) is 1.84. The van der Waals surface area contributed by atoms with Crippen molar-refractivity contribution in [3.63, 3.8) is 0 Å². The van der Waals surface area contributed by atoms with Gasteiger partial charge in [0, 0.05) is 13.1 Å². The van der Waals surface area contributed by atoms with E-state index in [4.69, 9.17) is 4.74 Å². The van der Waals surface area contributed by atoms with Gasteiger partial charge in [-0.05, 0) is 46.5 Å². The molecule has 5 heteroatoms. The van der Waals surface area contributed by atoms with Crippen molar-refractivity contribution in [1.82, 2.24) is 10.2 Å². The molecule has 1 rings (SSSR count). The molecule has 0 saturated heterocycles. The number of hydrogen-bond acceptors (Lipinski definition) is 3. The van der Waals surface area contributed by atoms with E-state index in [0.29, 0.717) is 5.92 Å². The first-order valence-corrected chi connectivity index (χ1v) is 7.88. The van der Waals surface area contributed by atoms with Gasteiger partial charge in [-0.1, -0.05) is 19.8 Å². The molecule has 1 saturated carbocycles. The van der Waals surface area contributed by atoms with Crippen molar-refractivity contribution in [1.29, 1.82) is 0 Å². The van der Waals surface area contributed by atoms with Crippen molar-refractivity contribution in [2.75, 3.05) is 7.05 Å². The number of alkyl carbamates (subject to hydrolysis) is 1. The fraction of sp³-hybridized carbons (Fsp3) is 0.875. The van der Waals surface area contributed by atoms with Gasteiger partial charge in [-0.25, -0.2) is 4.79 Å². The molecule has 3 unspecified atom stereocenters. The van der Waals surface area contributed by atoms with E-state index in [1.807, 2.05) is 7.05 Å². The molecular weight excluding hydrogens is 268 g/mol. The number of nitrogens with one attached hydrogen (secondary N) is 1. The van der Waals surface area contributed by atoms with E-state index in [1.165, 1.54) is 12.8 Å². The molecule has 1 fully saturated rings. The third-order valence-electron chi connectivity index (χ3n) is 4.01. The fourth-order valence-corrected chi connectivity index (χ4v) is 2.89. The number of carbonyl (C=O) groups excluding carboxylic acids is 2. The largest absolute Gasteiger partial charge is 0.444 e. The quantitative estimate of drug-likeness (QED) is 0.871. The van der Waals surface area contributed by atoms with Crippen molar-refractivity contribution >= 4 is 12.0 Å². The molecule has 0 aliphatic heterocycles. The molecular formula is C16H30N2O3. The Hall–Kier alpha value is -1.26. The summed E-state index contributed by atoms with van der Waals surface area (Å²) in [5, 5.41) is 2.62. The average Bonchev–Trinajstić information content (AvgIpc) is 2.35. The minimum atomic E-state index is -0.570. The molecule has 3 atom stereocenters. The highest BCUT2D eigenvalue weighted by Gasteiger charge is 2.31. The van der Waals surface area contributed by atoms with Crippen molar-refractivity contribution in [3.05, 3.63) is 0 Å². The summed E-state index contributed by atoms with van der Waals surface area (Å²) in [6.45, 7) is 9.30. The minimum Gasteiger partial charge on any atom is -0.444 e. The monoisotopic (exact) mass is 298 g/mol. The van der Waals surface area contributed by atoms with Gasteiger partial charge in [-0.3, -0.25) is 4.79 Å². The highest BCUT2D eigenvalue weighted by Crippen LogP contribution is 2.27. The molecule has 1 aliphatic carbocycles. The first-order chi connectivity index (χ1) is 9.61. The fourth-order valence-electron chi connectivity index (χ4n) is 2.89. The van der Waals surface area contributed by atoms with E-state index in [1.54, 1.807) is 32.6 Å². The number of amides is 2. The molecule has 1 aliphatic rings. The van der Waals surface area contributed by atoms with Crippen LogP contribution in [0.5, 0.6) is 0 Å². The van der Waals surface area contributed by atoms with Gasteiger partial charge in [0.1, 0.15) is 11.6 Å². The maximum Gasteiger partial charge on any atom is 0.408 e. The summed E-state index contributed by atoms with van der Waals surface area (Å²) in [6.07, 6.45) is 4.07. The zero-order chi connectivity index (χ0) is 16.2. The smallest absolute Gasteiger partial charge is 0.408 e. The predicted molar refractivity (Wildman–Crippen MR) is 83.0 cm³/mol. The van der Waals surface area contributed by atoms with Gasteiger partial charge in [0.15, 0.2) is 0 Å². The Morgan fingerprint density at radius 1 is 1.24 bits per heavy atom. The summed E-state index contributed by atoms with van der Waals surface area (Å²) in [5.74, 6) is 0.459. The van der Waals surface area contributed by atoms with E-state index < -0.39 is 17.7 Å². The van der Waals surface area contributed by atoms with Crippen molar-refractivity contribution in [2.45, 2.75) is 78.0 Å². The zero-order valence-electron chi connectivity index (χ0n) is 14.2. The van der Waals surface area contributed by atoms with Crippen LogP contribution in [0.15, 0.2) is 0 Å². The van der Waals surface area contributed by atoms with Crippen LogP contribution in [0.25, 0.3) is 0 Å². The van der Waals surface area contributed by atoms with Crippen molar-refractivity contribution < 1.29 is 14.3 Å². The molecule has 0 aromatic heterocycles. The van der Waals surface area contributed by atoms with Crippen LogP contribution in [0.1, 0.15) is 60.3 Å². The lowest BCUT2D eigenvalue weighted by molar-refractivity contribution is -0.135. The predicted octanol–water partition coefficient (Wildman–Crippen LogP) is 2.94. The molecule has 0 heterocycles. The van der Waals surface area contributed by atoms with E-state index in [-0.39, 0.29) is 11.9 Å². The Morgan fingerprint density at radius 3 is 2.33 bits per heavy atom.